The van der Waals surface area contributed by atoms with Crippen molar-refractivity contribution in [3.8, 4) is 0 Å². The Morgan fingerprint density at radius 2 is 1.94 bits per heavy atom. The van der Waals surface area contributed by atoms with Crippen molar-refractivity contribution < 1.29 is 19.4 Å². The largest absolute Gasteiger partial charge is 0.480 e. The number of carboxylic acids is 1. The highest BCUT2D eigenvalue weighted by Crippen LogP contribution is 2.04. The van der Waals surface area contributed by atoms with Crippen LogP contribution in [0.3, 0.4) is 0 Å². The van der Waals surface area contributed by atoms with Crippen molar-refractivity contribution in [1.29, 1.82) is 0 Å². The van der Waals surface area contributed by atoms with Gasteiger partial charge < -0.3 is 24.4 Å². The first-order valence-electron chi connectivity index (χ1n) is 5.50. The van der Waals surface area contributed by atoms with Crippen molar-refractivity contribution >= 4 is 5.97 Å². The molecular formula is C11H22N2O4. The minimum absolute atomic E-state index is 0.208. The third-order valence-electron chi connectivity index (χ3n) is 2.11. The molecule has 1 N–H and O–H groups in total. The Labute approximate surface area is 102 Å². The molecule has 0 aromatic heterocycles. The van der Waals surface area contributed by atoms with Gasteiger partial charge in [0.1, 0.15) is 6.61 Å². The van der Waals surface area contributed by atoms with Crippen molar-refractivity contribution in [1.82, 2.24) is 9.80 Å². The molecule has 0 aromatic carbocycles. The average molecular weight is 246 g/mol. The molecule has 0 aromatic rings. The van der Waals surface area contributed by atoms with Gasteiger partial charge in [0.15, 0.2) is 0 Å². The Hall–Kier alpha value is -1.27. The van der Waals surface area contributed by atoms with Gasteiger partial charge in [0.25, 0.3) is 0 Å². The number of hydrogen-bond acceptors (Lipinski definition) is 5. The van der Waals surface area contributed by atoms with Gasteiger partial charge in [-0.15, -0.1) is 0 Å². The minimum atomic E-state index is -0.933. The zero-order valence-corrected chi connectivity index (χ0v) is 10.8. The van der Waals surface area contributed by atoms with Crippen LogP contribution in [0, 0.1) is 0 Å². The second-order valence-corrected chi connectivity index (χ2v) is 3.48. The van der Waals surface area contributed by atoms with Crippen LogP contribution in [-0.4, -0.2) is 68.1 Å². The molecule has 1 aliphatic heterocycles. The van der Waals surface area contributed by atoms with E-state index in [1.54, 1.807) is 7.11 Å². The summed E-state index contributed by atoms with van der Waals surface area (Å²) in [4.78, 5) is 14.0. The molecule has 6 heteroatoms. The maximum absolute atomic E-state index is 9.47. The summed E-state index contributed by atoms with van der Waals surface area (Å²) in [7, 11) is 3.07. The summed E-state index contributed by atoms with van der Waals surface area (Å²) in [6, 6.07) is 0. The summed E-state index contributed by atoms with van der Waals surface area (Å²) >= 11 is 0. The number of hydrogen-bond donors (Lipinski definition) is 1. The lowest BCUT2D eigenvalue weighted by Crippen LogP contribution is -2.27. The molecule has 1 aliphatic rings. The number of rotatable bonds is 6. The maximum Gasteiger partial charge on any atom is 0.329 e. The number of nitrogens with zero attached hydrogens (tertiary/aromatic N) is 2. The lowest BCUT2D eigenvalue weighted by atomic mass is 10.6. The van der Waals surface area contributed by atoms with Crippen LogP contribution in [0.2, 0.25) is 0 Å². The van der Waals surface area contributed by atoms with Crippen LogP contribution in [0.15, 0.2) is 12.4 Å². The lowest BCUT2D eigenvalue weighted by Gasteiger charge is -2.19. The Morgan fingerprint density at radius 1 is 1.29 bits per heavy atom. The van der Waals surface area contributed by atoms with E-state index in [9.17, 15) is 4.79 Å². The average Bonchev–Trinajstić information content (AvgIpc) is 2.75. The molecular weight excluding hydrogens is 224 g/mol. The van der Waals surface area contributed by atoms with Gasteiger partial charge in [0.05, 0.1) is 13.3 Å². The van der Waals surface area contributed by atoms with E-state index < -0.39 is 5.97 Å². The number of carboxylic acid groups (broad SMARTS) is 1. The summed E-state index contributed by atoms with van der Waals surface area (Å²) in [6.45, 7) is 5.84. The van der Waals surface area contributed by atoms with Gasteiger partial charge in [-0.3, -0.25) is 0 Å². The molecule has 1 rings (SSSR count). The second-order valence-electron chi connectivity index (χ2n) is 3.48. The quantitative estimate of drug-likeness (QED) is 0.732. The Kier molecular flexibility index (Phi) is 9.18. The van der Waals surface area contributed by atoms with Crippen LogP contribution in [0.5, 0.6) is 0 Å². The van der Waals surface area contributed by atoms with E-state index >= 15 is 0 Å². The van der Waals surface area contributed by atoms with E-state index in [1.807, 2.05) is 0 Å². The number of carbonyl (C=O) groups is 1. The normalized spacial score (nSPS) is 13.6. The lowest BCUT2D eigenvalue weighted by molar-refractivity contribution is -0.141. The monoisotopic (exact) mass is 246 g/mol. The van der Waals surface area contributed by atoms with E-state index in [0.29, 0.717) is 0 Å². The molecule has 0 atom stereocenters. The zero-order chi connectivity index (χ0) is 13.1. The zero-order valence-electron chi connectivity index (χ0n) is 10.8. The van der Waals surface area contributed by atoms with Crippen LogP contribution in [0.1, 0.15) is 6.92 Å². The van der Waals surface area contributed by atoms with Gasteiger partial charge in [0.2, 0.25) is 0 Å². The van der Waals surface area contributed by atoms with E-state index in [4.69, 9.17) is 9.84 Å². The van der Waals surface area contributed by atoms with Crippen molar-refractivity contribution in [2.24, 2.45) is 0 Å². The van der Waals surface area contributed by atoms with Gasteiger partial charge >= 0.3 is 5.97 Å². The summed E-state index contributed by atoms with van der Waals surface area (Å²) in [5.41, 5.74) is 0. The molecule has 1 heterocycles. The Balaban J connectivity index is 0.000000366. The fourth-order valence-electron chi connectivity index (χ4n) is 1.20. The fourth-order valence-corrected chi connectivity index (χ4v) is 1.20. The van der Waals surface area contributed by atoms with E-state index in [2.05, 4.69) is 33.9 Å². The standard InChI is InChI=1S/C8H16N2O.C3H6O3/c1-3-9-4-5-10(8-9)6-7-11-2;1-6-2-3(4)5/h4-5H,3,6-8H2,1-2H3;2H2,1H3,(H,4,5). The molecule has 0 bridgehead atoms. The first kappa shape index (κ1) is 15.7. The Morgan fingerprint density at radius 3 is 2.29 bits per heavy atom. The molecule has 0 amide bonds. The van der Waals surface area contributed by atoms with Crippen LogP contribution in [0.25, 0.3) is 0 Å². The molecule has 0 fully saturated rings. The SMILES string of the molecule is CCN1C=CN(CCOC)C1.COCC(=O)O. The van der Waals surface area contributed by atoms with Crippen LogP contribution < -0.4 is 0 Å². The molecule has 0 saturated carbocycles. The Bertz CT molecular complexity index is 234. The summed E-state index contributed by atoms with van der Waals surface area (Å²) in [5, 5.41) is 7.79. The van der Waals surface area contributed by atoms with Crippen LogP contribution in [-0.2, 0) is 14.3 Å². The molecule has 100 valence electrons. The van der Waals surface area contributed by atoms with E-state index in [0.717, 1.165) is 26.4 Å². The highest BCUT2D eigenvalue weighted by molar-refractivity contribution is 5.67. The van der Waals surface area contributed by atoms with Crippen molar-refractivity contribution in [3.05, 3.63) is 12.4 Å². The van der Waals surface area contributed by atoms with Gasteiger partial charge in [0, 0.05) is 39.7 Å². The summed E-state index contributed by atoms with van der Waals surface area (Å²) in [6.07, 6.45) is 4.23. The van der Waals surface area contributed by atoms with Gasteiger partial charge in [-0.05, 0) is 6.92 Å². The van der Waals surface area contributed by atoms with Crippen LogP contribution >= 0.6 is 0 Å². The van der Waals surface area contributed by atoms with Gasteiger partial charge in [-0.25, -0.2) is 4.79 Å². The highest BCUT2D eigenvalue weighted by atomic mass is 16.5. The molecule has 0 unspecified atom stereocenters. The first-order valence-corrected chi connectivity index (χ1v) is 5.50. The smallest absolute Gasteiger partial charge is 0.329 e. The highest BCUT2D eigenvalue weighted by Gasteiger charge is 2.08. The predicted molar refractivity (Wildman–Crippen MR) is 64.5 cm³/mol. The third kappa shape index (κ3) is 8.53. The van der Waals surface area contributed by atoms with E-state index in [-0.39, 0.29) is 6.61 Å². The van der Waals surface area contributed by atoms with Gasteiger partial charge in [-0.2, -0.15) is 0 Å². The number of methoxy groups -OCH3 is 2. The molecule has 6 nitrogen and oxygen atoms in total. The molecule has 0 aliphatic carbocycles. The fraction of sp³-hybridized carbons (Fsp3) is 0.727. The number of aliphatic carboxylic acids is 1. The molecule has 0 radical (unpaired) electrons. The molecule has 0 spiro atoms. The number of ether oxygens (including phenoxy) is 2. The van der Waals surface area contributed by atoms with Crippen LogP contribution in [0.4, 0.5) is 0 Å². The summed E-state index contributed by atoms with van der Waals surface area (Å²) in [5.74, 6) is -0.933. The van der Waals surface area contributed by atoms with Crippen molar-refractivity contribution in [2.45, 2.75) is 6.92 Å². The van der Waals surface area contributed by atoms with Crippen molar-refractivity contribution in [3.63, 3.8) is 0 Å². The maximum atomic E-state index is 9.47. The second kappa shape index (κ2) is 9.92. The first-order chi connectivity index (χ1) is 8.13. The molecule has 0 saturated heterocycles. The summed E-state index contributed by atoms with van der Waals surface area (Å²) < 4.78 is 9.18. The van der Waals surface area contributed by atoms with E-state index in [1.165, 1.54) is 7.11 Å². The predicted octanol–water partition coefficient (Wildman–Crippen LogP) is 0.416. The molecule has 17 heavy (non-hydrogen) atoms. The van der Waals surface area contributed by atoms with Gasteiger partial charge in [-0.1, -0.05) is 0 Å². The minimum Gasteiger partial charge on any atom is -0.480 e. The van der Waals surface area contributed by atoms with Crippen molar-refractivity contribution in [2.75, 3.05) is 47.2 Å². The topological polar surface area (TPSA) is 62.2 Å². The third-order valence-corrected chi connectivity index (χ3v) is 2.11.